The van der Waals surface area contributed by atoms with Gasteiger partial charge in [0.1, 0.15) is 0 Å². The van der Waals surface area contributed by atoms with E-state index in [-0.39, 0.29) is 16.0 Å². The molecular weight excluding hydrogens is 404 g/mol. The van der Waals surface area contributed by atoms with Crippen LogP contribution in [-0.2, 0) is 14.8 Å². The van der Waals surface area contributed by atoms with Crippen molar-refractivity contribution in [2.45, 2.75) is 4.90 Å². The molecule has 8 heteroatoms. The summed E-state index contributed by atoms with van der Waals surface area (Å²) in [6, 6.07) is 20.7. The van der Waals surface area contributed by atoms with E-state index in [1.165, 1.54) is 48.8 Å². The van der Waals surface area contributed by atoms with E-state index in [0.29, 0.717) is 11.4 Å². The quantitative estimate of drug-likeness (QED) is 0.611. The molecule has 0 aliphatic heterocycles. The maximum Gasteiger partial charge on any atom is 0.339 e. The molecule has 0 radical (unpaired) electrons. The molecule has 0 spiro atoms. The van der Waals surface area contributed by atoms with Crippen LogP contribution in [0.15, 0.2) is 83.8 Å². The number of sulfonamides is 1. The molecule has 0 aliphatic rings. The Bertz CT molecular complexity index is 1160. The molecule has 0 atom stereocenters. The van der Waals surface area contributed by atoms with Crippen LogP contribution in [0, 0.1) is 0 Å². The number of carbonyl (C=O) groups is 2. The van der Waals surface area contributed by atoms with E-state index in [9.17, 15) is 18.0 Å². The van der Waals surface area contributed by atoms with E-state index in [1.54, 1.807) is 48.5 Å². The smallest absolute Gasteiger partial charge is 0.339 e. The first kappa shape index (κ1) is 21.1. The van der Waals surface area contributed by atoms with Gasteiger partial charge in [-0.05, 0) is 48.5 Å². The molecule has 0 saturated heterocycles. The van der Waals surface area contributed by atoms with Crippen molar-refractivity contribution in [3.8, 4) is 0 Å². The van der Waals surface area contributed by atoms with Crippen molar-refractivity contribution in [3.63, 3.8) is 0 Å². The number of para-hydroxylation sites is 2. The van der Waals surface area contributed by atoms with Crippen LogP contribution in [0.25, 0.3) is 0 Å². The Morgan fingerprint density at radius 3 is 2.10 bits per heavy atom. The maximum atomic E-state index is 12.8. The Balaban J connectivity index is 1.81. The van der Waals surface area contributed by atoms with E-state index in [0.717, 1.165) is 0 Å². The van der Waals surface area contributed by atoms with Gasteiger partial charge >= 0.3 is 5.97 Å². The summed E-state index contributed by atoms with van der Waals surface area (Å²) in [5, 5.41) is 2.65. The Morgan fingerprint density at radius 2 is 1.47 bits per heavy atom. The lowest BCUT2D eigenvalue weighted by Gasteiger charge is -2.19. The number of hydrogen-bond donors (Lipinski definition) is 1. The summed E-state index contributed by atoms with van der Waals surface area (Å²) in [7, 11) is -1.05. The topological polar surface area (TPSA) is 92.8 Å². The summed E-state index contributed by atoms with van der Waals surface area (Å²) in [6.07, 6.45) is 0. The van der Waals surface area contributed by atoms with Gasteiger partial charge < -0.3 is 10.1 Å². The fourth-order valence-electron chi connectivity index (χ4n) is 2.79. The summed E-state index contributed by atoms with van der Waals surface area (Å²) in [5.41, 5.74) is 1.29. The minimum Gasteiger partial charge on any atom is -0.465 e. The molecule has 30 heavy (non-hydrogen) atoms. The fourth-order valence-corrected chi connectivity index (χ4v) is 3.98. The second-order valence-corrected chi connectivity index (χ2v) is 8.29. The zero-order valence-corrected chi connectivity index (χ0v) is 17.2. The average Bonchev–Trinajstić information content (AvgIpc) is 2.79. The van der Waals surface area contributed by atoms with E-state index in [4.69, 9.17) is 4.74 Å². The third-order valence-electron chi connectivity index (χ3n) is 4.48. The lowest BCUT2D eigenvalue weighted by Crippen LogP contribution is -2.26. The monoisotopic (exact) mass is 424 g/mol. The van der Waals surface area contributed by atoms with Gasteiger partial charge in [-0.3, -0.25) is 9.10 Å². The summed E-state index contributed by atoms with van der Waals surface area (Å²) in [6.45, 7) is 0. The Kier molecular flexibility index (Phi) is 6.17. The molecule has 7 nitrogen and oxygen atoms in total. The summed E-state index contributed by atoms with van der Waals surface area (Å²) < 4.78 is 31.6. The molecule has 0 fully saturated rings. The summed E-state index contributed by atoms with van der Waals surface area (Å²) in [5.74, 6) is -1.05. The predicted molar refractivity (Wildman–Crippen MR) is 114 cm³/mol. The van der Waals surface area contributed by atoms with Crippen LogP contribution in [0.1, 0.15) is 20.7 Å². The Hall–Kier alpha value is -3.65. The Labute approximate surface area is 175 Å². The number of benzene rings is 3. The first-order valence-corrected chi connectivity index (χ1v) is 10.4. The van der Waals surface area contributed by atoms with Crippen LogP contribution in [-0.4, -0.2) is 34.5 Å². The second-order valence-electron chi connectivity index (χ2n) is 6.32. The van der Waals surface area contributed by atoms with Crippen molar-refractivity contribution in [1.82, 2.24) is 0 Å². The van der Waals surface area contributed by atoms with E-state index in [1.807, 2.05) is 0 Å². The molecule has 0 saturated carbocycles. The molecule has 3 rings (SSSR count). The number of amides is 1. The van der Waals surface area contributed by atoms with Crippen LogP contribution in [0.4, 0.5) is 11.4 Å². The predicted octanol–water partition coefficient (Wildman–Crippen LogP) is 3.55. The average molecular weight is 424 g/mol. The molecule has 154 valence electrons. The number of anilines is 2. The Morgan fingerprint density at radius 1 is 0.867 bits per heavy atom. The number of nitrogens with zero attached hydrogens (tertiary/aromatic N) is 1. The summed E-state index contributed by atoms with van der Waals surface area (Å²) >= 11 is 0. The third kappa shape index (κ3) is 4.33. The highest BCUT2D eigenvalue weighted by molar-refractivity contribution is 7.92. The highest BCUT2D eigenvalue weighted by Gasteiger charge is 2.22. The molecule has 0 heterocycles. The normalized spacial score (nSPS) is 10.9. The van der Waals surface area contributed by atoms with Gasteiger partial charge in [0.25, 0.3) is 15.9 Å². The molecule has 3 aromatic rings. The lowest BCUT2D eigenvalue weighted by atomic mass is 10.1. The minimum absolute atomic E-state index is 0.0559. The maximum absolute atomic E-state index is 12.8. The third-order valence-corrected chi connectivity index (χ3v) is 6.28. The van der Waals surface area contributed by atoms with Crippen molar-refractivity contribution >= 4 is 33.3 Å². The molecule has 0 unspecified atom stereocenters. The zero-order chi connectivity index (χ0) is 21.7. The van der Waals surface area contributed by atoms with Gasteiger partial charge in [-0.2, -0.15) is 0 Å². The first-order valence-electron chi connectivity index (χ1n) is 8.97. The number of ether oxygens (including phenoxy) is 1. The van der Waals surface area contributed by atoms with E-state index < -0.39 is 21.9 Å². The van der Waals surface area contributed by atoms with Crippen LogP contribution < -0.4 is 9.62 Å². The van der Waals surface area contributed by atoms with Crippen molar-refractivity contribution in [1.29, 1.82) is 0 Å². The number of esters is 1. The lowest BCUT2D eigenvalue weighted by molar-refractivity contribution is 0.0602. The van der Waals surface area contributed by atoms with Gasteiger partial charge in [-0.25, -0.2) is 13.2 Å². The SMILES string of the molecule is COC(=O)c1ccccc1NC(=O)c1ccc(S(=O)(=O)N(C)c2ccccc2)cc1. The number of nitrogens with one attached hydrogen (secondary N) is 1. The van der Waals surface area contributed by atoms with E-state index >= 15 is 0 Å². The van der Waals surface area contributed by atoms with Gasteiger partial charge in [-0.1, -0.05) is 30.3 Å². The number of methoxy groups -OCH3 is 1. The fraction of sp³-hybridized carbons (Fsp3) is 0.0909. The molecule has 3 aromatic carbocycles. The van der Waals surface area contributed by atoms with Crippen LogP contribution in [0.3, 0.4) is 0 Å². The van der Waals surface area contributed by atoms with Gasteiger partial charge in [0.05, 0.1) is 28.9 Å². The van der Waals surface area contributed by atoms with Crippen molar-refractivity contribution < 1.29 is 22.7 Å². The standard InChI is InChI=1S/C22H20N2O5S/c1-24(17-8-4-3-5-9-17)30(27,28)18-14-12-16(13-15-18)21(25)23-20-11-7-6-10-19(20)22(26)29-2/h3-15H,1-2H3,(H,23,25). The zero-order valence-electron chi connectivity index (χ0n) is 16.4. The molecule has 0 aromatic heterocycles. The highest BCUT2D eigenvalue weighted by Crippen LogP contribution is 2.22. The first-order chi connectivity index (χ1) is 14.3. The minimum atomic E-state index is -3.77. The summed E-state index contributed by atoms with van der Waals surface area (Å²) in [4.78, 5) is 24.5. The molecule has 1 amide bonds. The highest BCUT2D eigenvalue weighted by atomic mass is 32.2. The van der Waals surface area contributed by atoms with Gasteiger partial charge in [-0.15, -0.1) is 0 Å². The van der Waals surface area contributed by atoms with Crippen LogP contribution >= 0.6 is 0 Å². The van der Waals surface area contributed by atoms with Crippen LogP contribution in [0.5, 0.6) is 0 Å². The second kappa shape index (κ2) is 8.79. The molecule has 0 aliphatic carbocycles. The van der Waals surface area contributed by atoms with Crippen LogP contribution in [0.2, 0.25) is 0 Å². The molecule has 0 bridgehead atoms. The van der Waals surface area contributed by atoms with Crippen molar-refractivity contribution in [3.05, 3.63) is 90.0 Å². The van der Waals surface area contributed by atoms with Gasteiger partial charge in [0.2, 0.25) is 0 Å². The number of hydrogen-bond acceptors (Lipinski definition) is 5. The molecular formula is C22H20N2O5S. The van der Waals surface area contributed by atoms with Gasteiger partial charge in [0.15, 0.2) is 0 Å². The van der Waals surface area contributed by atoms with Crippen molar-refractivity contribution in [2.75, 3.05) is 23.8 Å². The largest absolute Gasteiger partial charge is 0.465 e. The molecule has 1 N–H and O–H groups in total. The van der Waals surface area contributed by atoms with E-state index in [2.05, 4.69) is 5.32 Å². The number of rotatable bonds is 6. The van der Waals surface area contributed by atoms with Gasteiger partial charge in [0, 0.05) is 12.6 Å². The van der Waals surface area contributed by atoms with Crippen molar-refractivity contribution in [2.24, 2.45) is 0 Å². The number of carbonyl (C=O) groups excluding carboxylic acids is 2.